The largest absolute Gasteiger partial charge is 0.495 e. The summed E-state index contributed by atoms with van der Waals surface area (Å²) >= 11 is 0. The summed E-state index contributed by atoms with van der Waals surface area (Å²) in [5.41, 5.74) is 0.658. The van der Waals surface area contributed by atoms with E-state index in [1.165, 1.54) is 13.2 Å². The average Bonchev–Trinajstić information content (AvgIpc) is 3.28. The van der Waals surface area contributed by atoms with Crippen LogP contribution in [0.1, 0.15) is 43.2 Å². The zero-order valence-corrected chi connectivity index (χ0v) is 17.7. The van der Waals surface area contributed by atoms with Gasteiger partial charge in [-0.3, -0.25) is 24.6 Å². The van der Waals surface area contributed by atoms with Gasteiger partial charge in [0.05, 0.1) is 32.4 Å². The Balaban J connectivity index is 1.89. The number of nitrogens with zero attached hydrogens (tertiary/aromatic N) is 2. The molecule has 10 nitrogen and oxygen atoms in total. The van der Waals surface area contributed by atoms with E-state index in [0.717, 1.165) is 19.3 Å². The predicted molar refractivity (Wildman–Crippen MR) is 111 cm³/mol. The van der Waals surface area contributed by atoms with Crippen LogP contribution in [0.4, 0.5) is 0 Å². The number of hydrogen-bond donors (Lipinski definition) is 3. The van der Waals surface area contributed by atoms with Crippen molar-refractivity contribution in [2.45, 2.75) is 32.6 Å². The summed E-state index contributed by atoms with van der Waals surface area (Å²) in [6.07, 6.45) is 6.65. The molecule has 0 unspecified atom stereocenters. The number of furan rings is 1. The Labute approximate surface area is 180 Å². The molecule has 2 rings (SSSR count). The first-order chi connectivity index (χ1) is 15.0. The van der Waals surface area contributed by atoms with E-state index in [1.54, 1.807) is 24.5 Å². The molecule has 0 fully saturated rings. The van der Waals surface area contributed by atoms with Crippen molar-refractivity contribution in [2.24, 2.45) is 5.92 Å². The molecule has 1 atom stereocenters. The third-order valence-corrected chi connectivity index (χ3v) is 4.63. The number of carbonyl (C=O) groups excluding carboxylic acids is 3. The number of methoxy groups -OCH3 is 1. The van der Waals surface area contributed by atoms with Crippen LogP contribution in [0.5, 0.6) is 5.75 Å². The second-order valence-corrected chi connectivity index (χ2v) is 6.92. The van der Waals surface area contributed by atoms with Crippen molar-refractivity contribution in [3.8, 4) is 17.1 Å². The first-order valence-corrected chi connectivity index (χ1v) is 10.0. The smallest absolute Gasteiger partial charge is 0.288 e. The Morgan fingerprint density at radius 1 is 1.29 bits per heavy atom. The normalized spacial score (nSPS) is 11.5. The SMILES string of the molecule is CCCCC[C@H](CN(O)C=O)C(=O)NCNC(=O)c1ccc(-c2cncc(OC)c2)o1. The highest BCUT2D eigenvalue weighted by atomic mass is 16.5. The summed E-state index contributed by atoms with van der Waals surface area (Å²) in [7, 11) is 1.53. The van der Waals surface area contributed by atoms with Crippen LogP contribution in [0.25, 0.3) is 11.3 Å². The molecule has 3 N–H and O–H groups in total. The molecule has 2 aromatic rings. The zero-order valence-electron chi connectivity index (χ0n) is 17.7. The number of ether oxygens (including phenoxy) is 1. The Hall–Kier alpha value is -3.40. The molecule has 0 aliphatic carbocycles. The van der Waals surface area contributed by atoms with Gasteiger partial charge in [-0.15, -0.1) is 0 Å². The number of pyridine rings is 1. The van der Waals surface area contributed by atoms with Crippen molar-refractivity contribution in [3.63, 3.8) is 0 Å². The van der Waals surface area contributed by atoms with E-state index >= 15 is 0 Å². The molecule has 2 aromatic heterocycles. The number of rotatable bonds is 13. The third-order valence-electron chi connectivity index (χ3n) is 4.63. The zero-order chi connectivity index (χ0) is 22.6. The number of amides is 3. The number of carbonyl (C=O) groups is 3. The minimum absolute atomic E-state index is 0.0778. The van der Waals surface area contributed by atoms with Crippen molar-refractivity contribution in [2.75, 3.05) is 20.3 Å². The van der Waals surface area contributed by atoms with Crippen molar-refractivity contribution in [1.29, 1.82) is 0 Å². The highest BCUT2D eigenvalue weighted by Gasteiger charge is 2.21. The quantitative estimate of drug-likeness (QED) is 0.145. The van der Waals surface area contributed by atoms with Crippen LogP contribution in [0.15, 0.2) is 35.0 Å². The fraction of sp³-hybridized carbons (Fsp3) is 0.429. The van der Waals surface area contributed by atoms with Gasteiger partial charge in [-0.2, -0.15) is 0 Å². The third kappa shape index (κ3) is 7.41. The molecule has 2 heterocycles. The van der Waals surface area contributed by atoms with E-state index in [-0.39, 0.29) is 31.3 Å². The van der Waals surface area contributed by atoms with Crippen LogP contribution in [-0.2, 0) is 9.59 Å². The van der Waals surface area contributed by atoms with Crippen molar-refractivity contribution < 1.29 is 28.7 Å². The Morgan fingerprint density at radius 3 is 2.81 bits per heavy atom. The molecular formula is C21H28N4O6. The second-order valence-electron chi connectivity index (χ2n) is 6.92. The van der Waals surface area contributed by atoms with Crippen LogP contribution in [0, 0.1) is 5.92 Å². The van der Waals surface area contributed by atoms with E-state index in [4.69, 9.17) is 9.15 Å². The van der Waals surface area contributed by atoms with Gasteiger partial charge in [0.15, 0.2) is 5.76 Å². The van der Waals surface area contributed by atoms with Gasteiger partial charge in [-0.05, 0) is 24.6 Å². The Kier molecular flexibility index (Phi) is 9.50. The molecule has 0 aromatic carbocycles. The lowest BCUT2D eigenvalue weighted by molar-refractivity contribution is -0.154. The summed E-state index contributed by atoms with van der Waals surface area (Å²) in [6.45, 7) is 1.81. The monoisotopic (exact) mass is 432 g/mol. The molecule has 31 heavy (non-hydrogen) atoms. The number of unbranched alkanes of at least 4 members (excludes halogenated alkanes) is 2. The molecule has 10 heteroatoms. The highest BCUT2D eigenvalue weighted by Crippen LogP contribution is 2.24. The van der Waals surface area contributed by atoms with Crippen molar-refractivity contribution in [1.82, 2.24) is 20.7 Å². The Morgan fingerprint density at radius 2 is 2.10 bits per heavy atom. The van der Waals surface area contributed by atoms with Gasteiger partial charge in [0, 0.05) is 11.8 Å². The lowest BCUT2D eigenvalue weighted by atomic mass is 10.0. The number of aromatic nitrogens is 1. The second kappa shape index (κ2) is 12.3. The van der Waals surface area contributed by atoms with Gasteiger partial charge in [0.25, 0.3) is 5.91 Å². The van der Waals surface area contributed by atoms with E-state index in [2.05, 4.69) is 15.6 Å². The highest BCUT2D eigenvalue weighted by molar-refractivity contribution is 5.92. The van der Waals surface area contributed by atoms with E-state index in [9.17, 15) is 19.6 Å². The topological polar surface area (TPSA) is 134 Å². The molecular weight excluding hydrogens is 404 g/mol. The van der Waals surface area contributed by atoms with Gasteiger partial charge in [-0.1, -0.05) is 26.2 Å². The summed E-state index contributed by atoms with van der Waals surface area (Å²) < 4.78 is 10.7. The van der Waals surface area contributed by atoms with Crippen molar-refractivity contribution in [3.05, 3.63) is 36.4 Å². The van der Waals surface area contributed by atoms with Gasteiger partial charge < -0.3 is 19.8 Å². The van der Waals surface area contributed by atoms with Gasteiger partial charge in [-0.25, -0.2) is 5.06 Å². The standard InChI is InChI=1S/C21H28N4O6/c1-3-4-5-6-15(12-25(29)14-26)20(27)23-13-24-21(28)19-8-7-18(31-19)16-9-17(30-2)11-22-10-16/h7-11,14-15,29H,3-6,12-13H2,1-2H3,(H,23,27)(H,24,28)/t15-/m1/s1. The van der Waals surface area contributed by atoms with Gasteiger partial charge in [0.2, 0.25) is 12.3 Å². The van der Waals surface area contributed by atoms with Crippen LogP contribution >= 0.6 is 0 Å². The fourth-order valence-corrected chi connectivity index (χ4v) is 2.94. The Bertz CT molecular complexity index is 869. The molecule has 0 saturated carbocycles. The minimum atomic E-state index is -0.575. The molecule has 168 valence electrons. The molecule has 0 bridgehead atoms. The average molecular weight is 432 g/mol. The van der Waals surface area contributed by atoms with E-state index < -0.39 is 11.8 Å². The molecule has 3 amide bonds. The van der Waals surface area contributed by atoms with Crippen LogP contribution < -0.4 is 15.4 Å². The first-order valence-electron chi connectivity index (χ1n) is 10.0. The molecule has 0 saturated heterocycles. The maximum Gasteiger partial charge on any atom is 0.288 e. The number of hydrogen-bond acceptors (Lipinski definition) is 7. The maximum atomic E-state index is 12.4. The summed E-state index contributed by atoms with van der Waals surface area (Å²) in [4.78, 5) is 39.4. The predicted octanol–water partition coefficient (Wildman–Crippen LogP) is 2.20. The minimum Gasteiger partial charge on any atom is -0.495 e. The summed E-state index contributed by atoms with van der Waals surface area (Å²) in [5.74, 6) is -0.342. The van der Waals surface area contributed by atoms with Crippen molar-refractivity contribution >= 4 is 18.2 Å². The lowest BCUT2D eigenvalue weighted by Gasteiger charge is -2.19. The van der Waals surface area contributed by atoms with Crippen LogP contribution in [0.3, 0.4) is 0 Å². The van der Waals surface area contributed by atoms with Gasteiger partial charge in [0.1, 0.15) is 11.5 Å². The fourth-order valence-electron chi connectivity index (χ4n) is 2.94. The lowest BCUT2D eigenvalue weighted by Crippen LogP contribution is -2.42. The first kappa shape index (κ1) is 23.9. The molecule has 0 spiro atoms. The van der Waals surface area contributed by atoms with Gasteiger partial charge >= 0.3 is 0 Å². The summed E-state index contributed by atoms with van der Waals surface area (Å²) in [6, 6.07) is 4.90. The maximum absolute atomic E-state index is 12.4. The van der Waals surface area contributed by atoms with Crippen LogP contribution in [-0.4, -0.2) is 53.8 Å². The van der Waals surface area contributed by atoms with Crippen LogP contribution in [0.2, 0.25) is 0 Å². The molecule has 0 aliphatic heterocycles. The number of nitrogens with one attached hydrogen (secondary N) is 2. The summed E-state index contributed by atoms with van der Waals surface area (Å²) in [5, 5.41) is 15.0. The number of hydroxylamine groups is 2. The molecule has 0 radical (unpaired) electrons. The molecule has 0 aliphatic rings. The van der Waals surface area contributed by atoms with E-state index in [1.807, 2.05) is 6.92 Å². The van der Waals surface area contributed by atoms with E-state index in [0.29, 0.717) is 28.6 Å².